The summed E-state index contributed by atoms with van der Waals surface area (Å²) in [6.07, 6.45) is 3.24. The molecule has 0 aliphatic carbocycles. The first-order valence-corrected chi connectivity index (χ1v) is 10.5. The van der Waals surface area contributed by atoms with Gasteiger partial charge in [-0.05, 0) is 68.9 Å². The van der Waals surface area contributed by atoms with Crippen LogP contribution in [0.25, 0.3) is 0 Å². The van der Waals surface area contributed by atoms with Gasteiger partial charge in [0.25, 0.3) is 0 Å². The van der Waals surface area contributed by atoms with Gasteiger partial charge in [0.15, 0.2) is 0 Å². The molecule has 0 radical (unpaired) electrons. The summed E-state index contributed by atoms with van der Waals surface area (Å²) < 4.78 is 1.79. The zero-order valence-corrected chi connectivity index (χ0v) is 17.4. The molecule has 0 saturated carbocycles. The van der Waals surface area contributed by atoms with E-state index >= 15 is 0 Å². The van der Waals surface area contributed by atoms with Crippen molar-refractivity contribution in [2.24, 2.45) is 5.92 Å². The molecule has 1 unspecified atom stereocenters. The van der Waals surface area contributed by atoms with Crippen LogP contribution in [0, 0.1) is 5.92 Å². The number of hydrogen-bond acceptors (Lipinski definition) is 5. The predicted molar refractivity (Wildman–Crippen MR) is 108 cm³/mol. The van der Waals surface area contributed by atoms with Crippen LogP contribution in [-0.4, -0.2) is 49.4 Å². The largest absolute Gasteiger partial charge is 0.342 e. The van der Waals surface area contributed by atoms with Gasteiger partial charge >= 0.3 is 0 Å². The Hall–Kier alpha value is -1.89. The minimum Gasteiger partial charge on any atom is -0.342 e. The SMILES string of the molecule is CC(Sc1nnnn1C(C)(C)C)C(=O)N1CCC(Cc2ccccc2)CC1. The Bertz CT molecular complexity index is 747. The number of tetrazole rings is 1. The number of amides is 1. The summed E-state index contributed by atoms with van der Waals surface area (Å²) in [7, 11) is 0. The molecule has 0 N–H and O–H groups in total. The number of benzene rings is 1. The monoisotopic (exact) mass is 387 g/mol. The zero-order valence-electron chi connectivity index (χ0n) is 16.6. The van der Waals surface area contributed by atoms with Crippen LogP contribution >= 0.6 is 11.8 Å². The maximum Gasteiger partial charge on any atom is 0.235 e. The molecule has 146 valence electrons. The second-order valence-corrected chi connectivity index (χ2v) is 9.57. The van der Waals surface area contributed by atoms with E-state index in [1.807, 2.05) is 11.8 Å². The number of aromatic nitrogens is 4. The first kappa shape index (κ1) is 19.9. The van der Waals surface area contributed by atoms with E-state index in [4.69, 9.17) is 0 Å². The maximum absolute atomic E-state index is 12.9. The molecular weight excluding hydrogens is 358 g/mol. The van der Waals surface area contributed by atoms with Crippen LogP contribution in [-0.2, 0) is 16.8 Å². The fraction of sp³-hybridized carbons (Fsp3) is 0.600. The summed E-state index contributed by atoms with van der Waals surface area (Å²) in [5, 5.41) is 12.5. The Morgan fingerprint density at radius 3 is 2.52 bits per heavy atom. The second kappa shape index (κ2) is 8.42. The van der Waals surface area contributed by atoms with Crippen molar-refractivity contribution in [1.29, 1.82) is 0 Å². The molecule has 7 heteroatoms. The molecular formula is C20H29N5OS. The minimum absolute atomic E-state index is 0.182. The Kier molecular flexibility index (Phi) is 6.19. The van der Waals surface area contributed by atoms with Gasteiger partial charge in [0.2, 0.25) is 11.1 Å². The Morgan fingerprint density at radius 1 is 1.22 bits per heavy atom. The highest BCUT2D eigenvalue weighted by molar-refractivity contribution is 8.00. The molecule has 1 amide bonds. The van der Waals surface area contributed by atoms with Gasteiger partial charge in [0.05, 0.1) is 10.8 Å². The van der Waals surface area contributed by atoms with E-state index < -0.39 is 0 Å². The number of thioether (sulfide) groups is 1. The summed E-state index contributed by atoms with van der Waals surface area (Å²) in [5.74, 6) is 0.842. The molecule has 0 bridgehead atoms. The van der Waals surface area contributed by atoms with Crippen molar-refractivity contribution in [3.63, 3.8) is 0 Å². The summed E-state index contributed by atoms with van der Waals surface area (Å²) in [5.41, 5.74) is 1.19. The molecule has 2 heterocycles. The number of carbonyl (C=O) groups is 1. The fourth-order valence-corrected chi connectivity index (χ4v) is 4.50. The van der Waals surface area contributed by atoms with E-state index in [9.17, 15) is 4.79 Å². The van der Waals surface area contributed by atoms with Crippen molar-refractivity contribution < 1.29 is 4.79 Å². The highest BCUT2D eigenvalue weighted by Crippen LogP contribution is 2.28. The molecule has 6 nitrogen and oxygen atoms in total. The van der Waals surface area contributed by atoms with Crippen molar-refractivity contribution >= 4 is 17.7 Å². The lowest BCUT2D eigenvalue weighted by Crippen LogP contribution is -2.42. The number of likely N-dealkylation sites (tertiary alicyclic amines) is 1. The first-order valence-electron chi connectivity index (χ1n) is 9.63. The molecule has 2 aromatic rings. The smallest absolute Gasteiger partial charge is 0.235 e. The summed E-state index contributed by atoms with van der Waals surface area (Å²) in [6.45, 7) is 9.79. The van der Waals surface area contributed by atoms with E-state index in [1.54, 1.807) is 4.68 Å². The van der Waals surface area contributed by atoms with Crippen molar-refractivity contribution in [1.82, 2.24) is 25.1 Å². The quantitative estimate of drug-likeness (QED) is 0.736. The molecule has 1 aromatic carbocycles. The van der Waals surface area contributed by atoms with E-state index in [2.05, 4.69) is 66.6 Å². The zero-order chi connectivity index (χ0) is 19.4. The van der Waals surface area contributed by atoms with Gasteiger partial charge in [-0.3, -0.25) is 4.79 Å². The number of carbonyl (C=O) groups excluding carboxylic acids is 1. The van der Waals surface area contributed by atoms with Crippen LogP contribution in [0.1, 0.15) is 46.1 Å². The third-order valence-corrected chi connectivity index (χ3v) is 6.02. The predicted octanol–water partition coefficient (Wildman–Crippen LogP) is 3.39. The van der Waals surface area contributed by atoms with Crippen LogP contribution in [0.3, 0.4) is 0 Å². The van der Waals surface area contributed by atoms with E-state index in [0.29, 0.717) is 11.1 Å². The van der Waals surface area contributed by atoms with Crippen LogP contribution in [0.15, 0.2) is 35.5 Å². The molecule has 1 aromatic heterocycles. The second-order valence-electron chi connectivity index (χ2n) is 8.26. The summed E-state index contributed by atoms with van der Waals surface area (Å²) in [4.78, 5) is 14.9. The first-order chi connectivity index (χ1) is 12.8. The number of nitrogens with zero attached hydrogens (tertiary/aromatic N) is 5. The fourth-order valence-electron chi connectivity index (χ4n) is 3.44. The normalized spacial score (nSPS) is 17.1. The maximum atomic E-state index is 12.9. The van der Waals surface area contributed by atoms with Crippen molar-refractivity contribution in [3.8, 4) is 0 Å². The average molecular weight is 388 g/mol. The summed E-state index contributed by atoms with van der Waals surface area (Å²) in [6, 6.07) is 10.6. The third-order valence-electron chi connectivity index (χ3n) is 5.00. The molecule has 27 heavy (non-hydrogen) atoms. The van der Waals surface area contributed by atoms with Gasteiger partial charge in [-0.25, -0.2) is 4.68 Å². The topological polar surface area (TPSA) is 63.9 Å². The molecule has 1 fully saturated rings. The molecule has 1 saturated heterocycles. The third kappa shape index (κ3) is 5.09. The molecule has 1 aliphatic heterocycles. The Morgan fingerprint density at radius 2 is 1.89 bits per heavy atom. The summed E-state index contributed by atoms with van der Waals surface area (Å²) >= 11 is 1.44. The van der Waals surface area contributed by atoms with Crippen LogP contribution < -0.4 is 0 Å². The van der Waals surface area contributed by atoms with E-state index in [0.717, 1.165) is 32.4 Å². The highest BCUT2D eigenvalue weighted by Gasteiger charge is 2.29. The van der Waals surface area contributed by atoms with Crippen molar-refractivity contribution in [2.45, 2.75) is 62.9 Å². The lowest BCUT2D eigenvalue weighted by molar-refractivity contribution is -0.131. The number of rotatable bonds is 5. The molecule has 1 aliphatic rings. The molecule has 0 spiro atoms. The van der Waals surface area contributed by atoms with Gasteiger partial charge in [-0.15, -0.1) is 5.10 Å². The van der Waals surface area contributed by atoms with Crippen molar-refractivity contribution in [2.75, 3.05) is 13.1 Å². The van der Waals surface area contributed by atoms with Crippen LogP contribution in [0.2, 0.25) is 0 Å². The van der Waals surface area contributed by atoms with E-state index in [-0.39, 0.29) is 16.7 Å². The number of hydrogen-bond donors (Lipinski definition) is 0. The number of piperidine rings is 1. The molecule has 3 rings (SSSR count). The van der Waals surface area contributed by atoms with Gasteiger partial charge in [-0.1, -0.05) is 42.1 Å². The minimum atomic E-state index is -0.204. The van der Waals surface area contributed by atoms with Crippen LogP contribution in [0.4, 0.5) is 0 Å². The standard InChI is InChI=1S/C20H29N5OS/c1-15(27-19-21-22-23-25(19)20(2,3)4)18(26)24-12-10-17(11-13-24)14-16-8-6-5-7-9-16/h5-9,15,17H,10-14H2,1-4H3. The Labute approximate surface area is 165 Å². The average Bonchev–Trinajstić information content (AvgIpc) is 3.11. The van der Waals surface area contributed by atoms with Gasteiger partial charge < -0.3 is 4.90 Å². The van der Waals surface area contributed by atoms with Crippen molar-refractivity contribution in [3.05, 3.63) is 35.9 Å². The molecule has 1 atom stereocenters. The van der Waals surface area contributed by atoms with Crippen LogP contribution in [0.5, 0.6) is 0 Å². The lowest BCUT2D eigenvalue weighted by Gasteiger charge is -2.33. The lowest BCUT2D eigenvalue weighted by atomic mass is 9.90. The van der Waals surface area contributed by atoms with Gasteiger partial charge in [0, 0.05) is 13.1 Å². The Balaban J connectivity index is 1.52. The highest BCUT2D eigenvalue weighted by atomic mass is 32.2. The van der Waals surface area contributed by atoms with E-state index in [1.165, 1.54) is 17.3 Å². The van der Waals surface area contributed by atoms with Gasteiger partial charge in [-0.2, -0.15) is 0 Å². The van der Waals surface area contributed by atoms with Gasteiger partial charge in [0.1, 0.15) is 0 Å².